The highest BCUT2D eigenvalue weighted by atomic mass is 14.7. The molecule has 0 aliphatic carbocycles. The quantitative estimate of drug-likeness (QED) is 0.681. The summed E-state index contributed by atoms with van der Waals surface area (Å²) in [6, 6.07) is 0.108. The van der Waals surface area contributed by atoms with Crippen LogP contribution in [-0.2, 0) is 0 Å². The van der Waals surface area contributed by atoms with Gasteiger partial charge in [0.15, 0.2) is 0 Å². The van der Waals surface area contributed by atoms with E-state index in [1.807, 2.05) is 0 Å². The van der Waals surface area contributed by atoms with E-state index in [1.165, 1.54) is 0 Å². The van der Waals surface area contributed by atoms with Crippen molar-refractivity contribution in [1.82, 2.24) is 0 Å². The van der Waals surface area contributed by atoms with E-state index in [4.69, 9.17) is 11.5 Å². The summed E-state index contributed by atoms with van der Waals surface area (Å²) in [6.07, 6.45) is 1.11. The molecule has 0 bridgehead atoms. The van der Waals surface area contributed by atoms with Crippen molar-refractivity contribution in [3.05, 3.63) is 0 Å². The Morgan fingerprint density at radius 3 is 1.75 bits per heavy atom. The zero-order valence-electron chi connectivity index (χ0n) is 9.15. The normalized spacial score (nSPS) is 16.2. The third kappa shape index (κ3) is 4.07. The molecule has 4 N–H and O–H groups in total. The van der Waals surface area contributed by atoms with Crippen molar-refractivity contribution in [3.8, 4) is 0 Å². The van der Waals surface area contributed by atoms with E-state index in [-0.39, 0.29) is 11.5 Å². The van der Waals surface area contributed by atoms with E-state index >= 15 is 0 Å². The Kier molecular flexibility index (Phi) is 3.73. The van der Waals surface area contributed by atoms with Gasteiger partial charge in [-0.15, -0.1) is 0 Å². The Morgan fingerprint density at radius 2 is 1.50 bits per heavy atom. The van der Waals surface area contributed by atoms with Crippen molar-refractivity contribution in [2.45, 2.75) is 47.1 Å². The van der Waals surface area contributed by atoms with Crippen LogP contribution in [0.2, 0.25) is 0 Å². The van der Waals surface area contributed by atoms with Gasteiger partial charge in [-0.2, -0.15) is 0 Å². The molecular weight excluding hydrogens is 148 g/mol. The molecule has 0 saturated carbocycles. The molecule has 0 aromatic rings. The van der Waals surface area contributed by atoms with Crippen LogP contribution in [0.25, 0.3) is 0 Å². The second-order valence-corrected chi connectivity index (χ2v) is 5.57. The second kappa shape index (κ2) is 3.75. The van der Waals surface area contributed by atoms with Gasteiger partial charge in [0, 0.05) is 12.6 Å². The summed E-state index contributed by atoms with van der Waals surface area (Å²) in [5, 5.41) is 0. The molecule has 2 heteroatoms. The Morgan fingerprint density at radius 1 is 1.08 bits per heavy atom. The Balaban J connectivity index is 4.22. The summed E-state index contributed by atoms with van der Waals surface area (Å²) in [7, 11) is 0. The van der Waals surface area contributed by atoms with E-state index in [9.17, 15) is 0 Å². The lowest BCUT2D eigenvalue weighted by Gasteiger charge is -2.36. The fourth-order valence-electron chi connectivity index (χ4n) is 1.82. The first-order valence-corrected chi connectivity index (χ1v) is 4.65. The summed E-state index contributed by atoms with van der Waals surface area (Å²) in [5.74, 6) is 0. The maximum Gasteiger partial charge on any atom is 0.0215 e. The molecule has 0 aliphatic heterocycles. The van der Waals surface area contributed by atoms with Crippen molar-refractivity contribution < 1.29 is 0 Å². The lowest BCUT2D eigenvalue weighted by Crippen LogP contribution is -2.44. The van der Waals surface area contributed by atoms with Gasteiger partial charge in [0.1, 0.15) is 0 Å². The predicted molar refractivity (Wildman–Crippen MR) is 54.9 cm³/mol. The van der Waals surface area contributed by atoms with Gasteiger partial charge in [-0.1, -0.05) is 34.6 Å². The Labute approximate surface area is 76.7 Å². The number of hydrogen-bond acceptors (Lipinski definition) is 2. The van der Waals surface area contributed by atoms with Crippen molar-refractivity contribution in [2.24, 2.45) is 22.3 Å². The molecule has 0 aromatic heterocycles. The SMILES string of the molecule is CC(C)(C)CC(C)(C)C(N)CN. The van der Waals surface area contributed by atoms with E-state index in [0.717, 1.165) is 6.42 Å². The second-order valence-electron chi connectivity index (χ2n) is 5.57. The molecule has 0 saturated heterocycles. The minimum atomic E-state index is 0.108. The molecule has 2 nitrogen and oxygen atoms in total. The van der Waals surface area contributed by atoms with E-state index in [2.05, 4.69) is 34.6 Å². The minimum Gasteiger partial charge on any atom is -0.329 e. The molecular formula is C10H24N2. The van der Waals surface area contributed by atoms with Crippen LogP contribution in [0.1, 0.15) is 41.0 Å². The molecule has 0 aliphatic rings. The van der Waals surface area contributed by atoms with Gasteiger partial charge in [0.25, 0.3) is 0 Å². The molecule has 0 heterocycles. The predicted octanol–water partition coefficient (Wildman–Crippen LogP) is 1.73. The zero-order chi connectivity index (χ0) is 9.99. The van der Waals surface area contributed by atoms with Crippen molar-refractivity contribution in [3.63, 3.8) is 0 Å². The first-order chi connectivity index (χ1) is 5.19. The van der Waals surface area contributed by atoms with Gasteiger partial charge >= 0.3 is 0 Å². The van der Waals surface area contributed by atoms with Crippen LogP contribution in [0.4, 0.5) is 0 Å². The highest BCUT2D eigenvalue weighted by Crippen LogP contribution is 2.34. The molecule has 0 radical (unpaired) electrons. The van der Waals surface area contributed by atoms with Gasteiger partial charge in [0.2, 0.25) is 0 Å². The fraction of sp³-hybridized carbons (Fsp3) is 1.00. The van der Waals surface area contributed by atoms with E-state index in [1.54, 1.807) is 0 Å². The minimum absolute atomic E-state index is 0.108. The lowest BCUT2D eigenvalue weighted by molar-refractivity contribution is 0.177. The molecule has 0 spiro atoms. The molecule has 74 valence electrons. The largest absolute Gasteiger partial charge is 0.329 e. The maximum atomic E-state index is 5.93. The molecule has 1 unspecified atom stereocenters. The van der Waals surface area contributed by atoms with E-state index in [0.29, 0.717) is 12.0 Å². The van der Waals surface area contributed by atoms with Crippen LogP contribution >= 0.6 is 0 Å². The average molecular weight is 172 g/mol. The standard InChI is InChI=1S/C10H24N2/c1-9(2,3)7-10(4,5)8(12)6-11/h8H,6-7,11-12H2,1-5H3. The van der Waals surface area contributed by atoms with Crippen LogP contribution in [0.15, 0.2) is 0 Å². The summed E-state index contributed by atoms with van der Waals surface area (Å²) in [6.45, 7) is 11.7. The fourth-order valence-corrected chi connectivity index (χ4v) is 1.82. The van der Waals surface area contributed by atoms with Crippen molar-refractivity contribution in [1.29, 1.82) is 0 Å². The highest BCUT2D eigenvalue weighted by molar-refractivity contribution is 4.85. The van der Waals surface area contributed by atoms with Crippen LogP contribution in [0.3, 0.4) is 0 Å². The first-order valence-electron chi connectivity index (χ1n) is 4.65. The number of rotatable bonds is 3. The zero-order valence-corrected chi connectivity index (χ0v) is 9.15. The number of nitrogens with two attached hydrogens (primary N) is 2. The molecule has 1 atom stereocenters. The first kappa shape index (κ1) is 11.9. The lowest BCUT2D eigenvalue weighted by atomic mass is 9.72. The summed E-state index contributed by atoms with van der Waals surface area (Å²) < 4.78 is 0. The summed E-state index contributed by atoms with van der Waals surface area (Å²) >= 11 is 0. The highest BCUT2D eigenvalue weighted by Gasteiger charge is 2.30. The smallest absolute Gasteiger partial charge is 0.0215 e. The van der Waals surface area contributed by atoms with Crippen LogP contribution in [-0.4, -0.2) is 12.6 Å². The van der Waals surface area contributed by atoms with Crippen LogP contribution in [0.5, 0.6) is 0 Å². The molecule has 0 fully saturated rings. The third-order valence-corrected chi connectivity index (χ3v) is 2.24. The molecule has 0 rings (SSSR count). The van der Waals surface area contributed by atoms with Crippen LogP contribution < -0.4 is 11.5 Å². The Bertz CT molecular complexity index is 133. The Hall–Kier alpha value is -0.0800. The van der Waals surface area contributed by atoms with Crippen LogP contribution in [0, 0.1) is 10.8 Å². The van der Waals surface area contributed by atoms with E-state index < -0.39 is 0 Å². The molecule has 0 aromatic carbocycles. The topological polar surface area (TPSA) is 52.0 Å². The van der Waals surface area contributed by atoms with Gasteiger partial charge in [-0.25, -0.2) is 0 Å². The third-order valence-electron chi connectivity index (χ3n) is 2.24. The van der Waals surface area contributed by atoms with Crippen molar-refractivity contribution >= 4 is 0 Å². The summed E-state index contributed by atoms with van der Waals surface area (Å²) in [4.78, 5) is 0. The maximum absolute atomic E-state index is 5.93. The van der Waals surface area contributed by atoms with Gasteiger partial charge in [-0.3, -0.25) is 0 Å². The van der Waals surface area contributed by atoms with Crippen molar-refractivity contribution in [2.75, 3.05) is 6.54 Å². The molecule has 0 amide bonds. The summed E-state index contributed by atoms with van der Waals surface area (Å²) in [5.41, 5.74) is 12.0. The average Bonchev–Trinajstić information content (AvgIpc) is 1.80. The van der Waals surface area contributed by atoms with Gasteiger partial charge in [0.05, 0.1) is 0 Å². The van der Waals surface area contributed by atoms with Gasteiger partial charge in [-0.05, 0) is 17.3 Å². The van der Waals surface area contributed by atoms with Gasteiger partial charge < -0.3 is 11.5 Å². The number of hydrogen-bond donors (Lipinski definition) is 2. The monoisotopic (exact) mass is 172 g/mol. The molecule has 12 heavy (non-hydrogen) atoms.